The third-order valence-electron chi connectivity index (χ3n) is 5.92. The smallest absolute Gasteiger partial charge is 0.257 e. The largest absolute Gasteiger partial charge is 0.491 e. The molecular formula is C27H28F2N2O3S. The predicted octanol–water partition coefficient (Wildman–Crippen LogP) is 5.33. The van der Waals surface area contributed by atoms with Crippen LogP contribution in [0.2, 0.25) is 0 Å². The van der Waals surface area contributed by atoms with Gasteiger partial charge in [0.1, 0.15) is 30.5 Å². The molecule has 0 spiro atoms. The number of hydrogen-bond donors (Lipinski definition) is 0. The van der Waals surface area contributed by atoms with Gasteiger partial charge in [-0.3, -0.25) is 9.59 Å². The van der Waals surface area contributed by atoms with Gasteiger partial charge < -0.3 is 14.5 Å². The lowest BCUT2D eigenvalue weighted by Crippen LogP contribution is -2.48. The monoisotopic (exact) mass is 498 g/mol. The number of carbonyl (C=O) groups is 2. The third-order valence-corrected chi connectivity index (χ3v) is 6.92. The molecule has 1 aromatic heterocycles. The van der Waals surface area contributed by atoms with Crippen molar-refractivity contribution in [2.75, 3.05) is 26.2 Å². The van der Waals surface area contributed by atoms with Crippen LogP contribution >= 0.6 is 11.3 Å². The summed E-state index contributed by atoms with van der Waals surface area (Å²) in [5.41, 5.74) is 0.951. The fourth-order valence-corrected chi connectivity index (χ4v) is 5.25. The predicted molar refractivity (Wildman–Crippen MR) is 132 cm³/mol. The highest BCUT2D eigenvalue weighted by atomic mass is 32.1. The number of fused-ring (bicyclic) bond motifs is 1. The Hall–Kier alpha value is -3.26. The Labute approximate surface area is 207 Å². The van der Waals surface area contributed by atoms with Crippen LogP contribution in [-0.4, -0.2) is 47.9 Å². The molecule has 35 heavy (non-hydrogen) atoms. The minimum Gasteiger partial charge on any atom is -0.491 e. The Balaban J connectivity index is 1.55. The second kappa shape index (κ2) is 11.0. The van der Waals surface area contributed by atoms with E-state index in [-0.39, 0.29) is 36.6 Å². The zero-order chi connectivity index (χ0) is 24.9. The van der Waals surface area contributed by atoms with Gasteiger partial charge in [-0.15, -0.1) is 11.3 Å². The maximum atomic E-state index is 14.3. The average molecular weight is 499 g/mol. The van der Waals surface area contributed by atoms with Gasteiger partial charge in [-0.1, -0.05) is 32.0 Å². The number of nitrogens with zero attached hydrogens (tertiary/aromatic N) is 2. The first-order chi connectivity index (χ1) is 16.8. The maximum Gasteiger partial charge on any atom is 0.257 e. The summed E-state index contributed by atoms with van der Waals surface area (Å²) in [5, 5.41) is 1.99. The van der Waals surface area contributed by atoms with Gasteiger partial charge >= 0.3 is 0 Å². The van der Waals surface area contributed by atoms with Crippen molar-refractivity contribution in [2.45, 2.75) is 26.3 Å². The molecule has 1 unspecified atom stereocenters. The van der Waals surface area contributed by atoms with Crippen molar-refractivity contribution in [1.29, 1.82) is 0 Å². The molecule has 4 rings (SSSR count). The zero-order valence-electron chi connectivity index (χ0n) is 19.7. The molecule has 0 radical (unpaired) electrons. The van der Waals surface area contributed by atoms with E-state index in [0.29, 0.717) is 25.3 Å². The fourth-order valence-electron chi connectivity index (χ4n) is 4.33. The molecule has 8 heteroatoms. The number of hydrogen-bond acceptors (Lipinski definition) is 4. The highest BCUT2D eigenvalue weighted by molar-refractivity contribution is 7.10. The number of amides is 2. The normalized spacial score (nSPS) is 15.1. The minimum absolute atomic E-state index is 0.0503. The zero-order valence-corrected chi connectivity index (χ0v) is 20.6. The van der Waals surface area contributed by atoms with Crippen LogP contribution in [-0.2, 0) is 11.2 Å². The summed E-state index contributed by atoms with van der Waals surface area (Å²) in [6.07, 6.45) is 0.709. The Kier molecular flexibility index (Phi) is 7.80. The van der Waals surface area contributed by atoms with E-state index in [1.807, 2.05) is 25.3 Å². The van der Waals surface area contributed by atoms with Crippen molar-refractivity contribution < 1.29 is 23.1 Å². The number of thiophene rings is 1. The van der Waals surface area contributed by atoms with Crippen LogP contribution in [0.1, 0.15) is 40.7 Å². The number of carbonyl (C=O) groups excluding carboxylic acids is 2. The van der Waals surface area contributed by atoms with Gasteiger partial charge in [0.05, 0.1) is 11.6 Å². The molecule has 1 aliphatic rings. The van der Waals surface area contributed by atoms with Crippen molar-refractivity contribution in [3.63, 3.8) is 0 Å². The standard InChI is InChI=1S/C27H28F2N2O3S/c1-18(2)15-30(27(33)21-8-3-4-9-23(21)29)16-26(32)31-12-10-25-22(11-13-35-25)24(31)17-34-20-7-5-6-19(28)14-20/h3-9,11,13-14,18,24H,10,12,15-17H2,1-2H3. The third kappa shape index (κ3) is 5.88. The molecule has 3 aromatic rings. The molecule has 2 aromatic carbocycles. The number of benzene rings is 2. The molecular weight excluding hydrogens is 470 g/mol. The van der Waals surface area contributed by atoms with Gasteiger partial charge in [-0.25, -0.2) is 8.78 Å². The Morgan fingerprint density at radius 3 is 2.69 bits per heavy atom. The van der Waals surface area contributed by atoms with E-state index in [2.05, 4.69) is 0 Å². The number of rotatable bonds is 8. The quantitative estimate of drug-likeness (QED) is 0.422. The summed E-state index contributed by atoms with van der Waals surface area (Å²) in [6.45, 7) is 4.68. The summed E-state index contributed by atoms with van der Waals surface area (Å²) >= 11 is 1.63. The van der Waals surface area contributed by atoms with E-state index >= 15 is 0 Å². The SMILES string of the molecule is CC(C)CN(CC(=O)N1CCc2sccc2C1COc1cccc(F)c1)C(=O)c1ccccc1F. The minimum atomic E-state index is -0.610. The van der Waals surface area contributed by atoms with Crippen LogP contribution in [0.15, 0.2) is 60.0 Å². The lowest BCUT2D eigenvalue weighted by molar-refractivity contribution is -0.135. The van der Waals surface area contributed by atoms with Gasteiger partial charge in [-0.2, -0.15) is 0 Å². The second-order valence-electron chi connectivity index (χ2n) is 8.98. The van der Waals surface area contributed by atoms with E-state index in [1.165, 1.54) is 40.1 Å². The van der Waals surface area contributed by atoms with Gasteiger partial charge in [-0.05, 0) is 53.6 Å². The van der Waals surface area contributed by atoms with Crippen LogP contribution in [0.4, 0.5) is 8.78 Å². The van der Waals surface area contributed by atoms with Crippen LogP contribution < -0.4 is 4.74 Å². The lowest BCUT2D eigenvalue weighted by Gasteiger charge is -2.37. The molecule has 1 aliphatic heterocycles. The Morgan fingerprint density at radius 2 is 1.94 bits per heavy atom. The summed E-state index contributed by atoms with van der Waals surface area (Å²) in [6, 6.07) is 13.3. The van der Waals surface area contributed by atoms with E-state index in [0.717, 1.165) is 5.56 Å². The first-order valence-electron chi connectivity index (χ1n) is 11.6. The Morgan fingerprint density at radius 1 is 1.14 bits per heavy atom. The number of ether oxygens (including phenoxy) is 1. The highest BCUT2D eigenvalue weighted by Gasteiger charge is 2.34. The van der Waals surface area contributed by atoms with E-state index in [9.17, 15) is 18.4 Å². The van der Waals surface area contributed by atoms with E-state index < -0.39 is 17.5 Å². The van der Waals surface area contributed by atoms with Crippen LogP contribution in [0, 0.1) is 17.6 Å². The van der Waals surface area contributed by atoms with Crippen molar-refractivity contribution in [3.8, 4) is 5.75 Å². The molecule has 1 atom stereocenters. The fraction of sp³-hybridized carbons (Fsp3) is 0.333. The molecule has 0 bridgehead atoms. The Bertz CT molecular complexity index is 1200. The van der Waals surface area contributed by atoms with Crippen molar-refractivity contribution in [3.05, 3.63) is 87.6 Å². The van der Waals surface area contributed by atoms with Crippen LogP contribution in [0.25, 0.3) is 0 Å². The molecule has 2 heterocycles. The molecule has 0 fully saturated rings. The van der Waals surface area contributed by atoms with Gasteiger partial charge in [0, 0.05) is 24.0 Å². The summed E-state index contributed by atoms with van der Waals surface area (Å²) in [4.78, 5) is 31.0. The molecule has 0 aliphatic carbocycles. The molecule has 5 nitrogen and oxygen atoms in total. The second-order valence-corrected chi connectivity index (χ2v) is 9.98. The summed E-state index contributed by atoms with van der Waals surface area (Å²) in [7, 11) is 0. The summed E-state index contributed by atoms with van der Waals surface area (Å²) < 4.78 is 33.8. The lowest BCUT2D eigenvalue weighted by atomic mass is 10.00. The molecule has 0 saturated carbocycles. The topological polar surface area (TPSA) is 49.9 Å². The molecule has 0 N–H and O–H groups in total. The van der Waals surface area contributed by atoms with Crippen molar-refractivity contribution in [2.24, 2.45) is 5.92 Å². The van der Waals surface area contributed by atoms with Gasteiger partial charge in [0.2, 0.25) is 5.91 Å². The molecule has 2 amide bonds. The first-order valence-corrected chi connectivity index (χ1v) is 12.5. The highest BCUT2D eigenvalue weighted by Crippen LogP contribution is 2.34. The molecule has 184 valence electrons. The first kappa shape index (κ1) is 24.9. The maximum absolute atomic E-state index is 14.3. The average Bonchev–Trinajstić information content (AvgIpc) is 3.31. The van der Waals surface area contributed by atoms with E-state index in [1.54, 1.807) is 34.4 Å². The van der Waals surface area contributed by atoms with Gasteiger partial charge in [0.25, 0.3) is 5.91 Å². The van der Waals surface area contributed by atoms with Crippen LogP contribution in [0.3, 0.4) is 0 Å². The van der Waals surface area contributed by atoms with E-state index in [4.69, 9.17) is 4.74 Å². The molecule has 0 saturated heterocycles. The van der Waals surface area contributed by atoms with Crippen molar-refractivity contribution >= 4 is 23.2 Å². The van der Waals surface area contributed by atoms with Crippen LogP contribution in [0.5, 0.6) is 5.75 Å². The van der Waals surface area contributed by atoms with Crippen molar-refractivity contribution in [1.82, 2.24) is 9.80 Å². The summed E-state index contributed by atoms with van der Waals surface area (Å²) in [5.74, 6) is -1.27. The number of halogens is 2. The van der Waals surface area contributed by atoms with Gasteiger partial charge in [0.15, 0.2) is 0 Å².